The molecule has 0 unspecified atom stereocenters. The highest BCUT2D eigenvalue weighted by molar-refractivity contribution is 5.91. The number of nitrogens with zero attached hydrogens (tertiary/aromatic N) is 1. The fraction of sp³-hybridized carbons (Fsp3) is 0.500. The number of amides is 2. The van der Waals surface area contributed by atoms with Crippen molar-refractivity contribution >= 4 is 17.5 Å². The molecule has 3 N–H and O–H groups in total. The van der Waals surface area contributed by atoms with Crippen molar-refractivity contribution in [3.63, 3.8) is 0 Å². The highest BCUT2D eigenvalue weighted by Gasteiger charge is 2.20. The van der Waals surface area contributed by atoms with Crippen LogP contribution in [0.15, 0.2) is 24.5 Å². The Morgan fingerprint density at radius 3 is 2.65 bits per heavy atom. The molecule has 1 aliphatic carbocycles. The van der Waals surface area contributed by atoms with E-state index in [4.69, 9.17) is 0 Å². The fourth-order valence-corrected chi connectivity index (χ4v) is 1.75. The van der Waals surface area contributed by atoms with Gasteiger partial charge in [-0.25, -0.2) is 0 Å². The Morgan fingerprint density at radius 2 is 1.95 bits per heavy atom. The van der Waals surface area contributed by atoms with Gasteiger partial charge in [-0.1, -0.05) is 0 Å². The number of nitrogens with one attached hydrogen (secondary N) is 3. The third kappa shape index (κ3) is 5.79. The predicted molar refractivity (Wildman–Crippen MR) is 76.1 cm³/mol. The zero-order valence-corrected chi connectivity index (χ0v) is 11.4. The first-order valence-corrected chi connectivity index (χ1v) is 6.91. The van der Waals surface area contributed by atoms with E-state index in [2.05, 4.69) is 20.9 Å². The van der Waals surface area contributed by atoms with Gasteiger partial charge >= 0.3 is 0 Å². The average Bonchev–Trinajstić information content (AvgIpc) is 3.24. The number of hydrogen-bond acceptors (Lipinski definition) is 4. The molecular weight excluding hydrogens is 256 g/mol. The Hall–Kier alpha value is -1.95. The van der Waals surface area contributed by atoms with Crippen LogP contribution in [-0.2, 0) is 9.59 Å². The molecule has 1 aliphatic rings. The van der Waals surface area contributed by atoms with Crippen LogP contribution in [-0.4, -0.2) is 36.4 Å². The largest absolute Gasteiger partial charge is 0.354 e. The van der Waals surface area contributed by atoms with Crippen molar-refractivity contribution in [2.24, 2.45) is 5.92 Å². The lowest BCUT2D eigenvalue weighted by Crippen LogP contribution is -2.36. The summed E-state index contributed by atoms with van der Waals surface area (Å²) in [4.78, 5) is 26.9. The number of pyridine rings is 1. The SMILES string of the molecule is O=C(CNCC1CC1)NCCC(=O)Nc1ccncc1. The topological polar surface area (TPSA) is 83.1 Å². The molecule has 1 aromatic rings. The molecule has 6 heteroatoms. The molecule has 108 valence electrons. The normalized spacial score (nSPS) is 13.8. The first-order valence-electron chi connectivity index (χ1n) is 6.91. The average molecular weight is 276 g/mol. The molecule has 0 aliphatic heterocycles. The van der Waals surface area contributed by atoms with E-state index >= 15 is 0 Å². The van der Waals surface area contributed by atoms with Crippen molar-refractivity contribution < 1.29 is 9.59 Å². The summed E-state index contributed by atoms with van der Waals surface area (Å²) in [7, 11) is 0. The van der Waals surface area contributed by atoms with Crippen molar-refractivity contribution in [1.29, 1.82) is 0 Å². The lowest BCUT2D eigenvalue weighted by Gasteiger charge is -2.07. The third-order valence-electron chi connectivity index (χ3n) is 3.05. The summed E-state index contributed by atoms with van der Waals surface area (Å²) in [6.07, 6.45) is 6.02. The van der Waals surface area contributed by atoms with Crippen LogP contribution in [0.2, 0.25) is 0 Å². The fourth-order valence-electron chi connectivity index (χ4n) is 1.75. The molecule has 0 bridgehead atoms. The van der Waals surface area contributed by atoms with Crippen molar-refractivity contribution in [1.82, 2.24) is 15.6 Å². The van der Waals surface area contributed by atoms with Gasteiger partial charge in [0.2, 0.25) is 11.8 Å². The zero-order valence-electron chi connectivity index (χ0n) is 11.4. The predicted octanol–water partition coefficient (Wildman–Crippen LogP) is 0.526. The minimum Gasteiger partial charge on any atom is -0.354 e. The summed E-state index contributed by atoms with van der Waals surface area (Å²) in [5, 5.41) is 8.56. The molecule has 1 saturated carbocycles. The van der Waals surface area contributed by atoms with E-state index in [1.165, 1.54) is 12.8 Å². The second-order valence-corrected chi connectivity index (χ2v) is 4.96. The summed E-state index contributed by atoms with van der Waals surface area (Å²) >= 11 is 0. The third-order valence-corrected chi connectivity index (χ3v) is 3.05. The van der Waals surface area contributed by atoms with Crippen LogP contribution in [0.5, 0.6) is 0 Å². The van der Waals surface area contributed by atoms with Gasteiger partial charge in [0.05, 0.1) is 6.54 Å². The lowest BCUT2D eigenvalue weighted by atomic mass is 10.3. The molecule has 0 atom stereocenters. The van der Waals surface area contributed by atoms with Gasteiger partial charge in [0.15, 0.2) is 0 Å². The number of rotatable bonds is 8. The molecule has 6 nitrogen and oxygen atoms in total. The number of hydrogen-bond donors (Lipinski definition) is 3. The highest BCUT2D eigenvalue weighted by atomic mass is 16.2. The standard InChI is InChI=1S/C14H20N4O2/c19-13(18-12-3-6-15-7-4-12)5-8-17-14(20)10-16-9-11-1-2-11/h3-4,6-7,11,16H,1-2,5,8-10H2,(H,17,20)(H,15,18,19). The molecule has 20 heavy (non-hydrogen) atoms. The van der Waals surface area contributed by atoms with E-state index in [1.807, 2.05) is 0 Å². The van der Waals surface area contributed by atoms with Crippen molar-refractivity contribution in [3.8, 4) is 0 Å². The maximum Gasteiger partial charge on any atom is 0.233 e. The monoisotopic (exact) mass is 276 g/mol. The highest BCUT2D eigenvalue weighted by Crippen LogP contribution is 2.27. The smallest absolute Gasteiger partial charge is 0.233 e. The molecule has 1 aromatic heterocycles. The van der Waals surface area contributed by atoms with Crippen LogP contribution in [0.3, 0.4) is 0 Å². The Balaban J connectivity index is 1.53. The van der Waals surface area contributed by atoms with Gasteiger partial charge in [0.1, 0.15) is 0 Å². The van der Waals surface area contributed by atoms with E-state index < -0.39 is 0 Å². The van der Waals surface area contributed by atoms with Gasteiger partial charge in [0.25, 0.3) is 0 Å². The quantitative estimate of drug-likeness (QED) is 0.646. The van der Waals surface area contributed by atoms with E-state index in [9.17, 15) is 9.59 Å². The van der Waals surface area contributed by atoms with Crippen LogP contribution >= 0.6 is 0 Å². The second kappa shape index (κ2) is 7.59. The summed E-state index contributed by atoms with van der Waals surface area (Å²) < 4.78 is 0. The van der Waals surface area contributed by atoms with Gasteiger partial charge < -0.3 is 16.0 Å². The maximum atomic E-state index is 11.6. The van der Waals surface area contributed by atoms with Crippen LogP contribution in [0.1, 0.15) is 19.3 Å². The molecule has 1 fully saturated rings. The van der Waals surface area contributed by atoms with E-state index in [0.717, 1.165) is 12.5 Å². The minimum atomic E-state index is -0.123. The van der Waals surface area contributed by atoms with Crippen molar-refractivity contribution in [3.05, 3.63) is 24.5 Å². The second-order valence-electron chi connectivity index (χ2n) is 4.96. The van der Waals surface area contributed by atoms with E-state index in [1.54, 1.807) is 24.5 Å². The van der Waals surface area contributed by atoms with Gasteiger partial charge in [-0.15, -0.1) is 0 Å². The van der Waals surface area contributed by atoms with Crippen LogP contribution in [0.4, 0.5) is 5.69 Å². The van der Waals surface area contributed by atoms with Crippen LogP contribution in [0, 0.1) is 5.92 Å². The summed E-state index contributed by atoms with van der Waals surface area (Å²) in [5.74, 6) is 0.568. The summed E-state index contributed by atoms with van der Waals surface area (Å²) in [5.41, 5.74) is 0.711. The minimum absolute atomic E-state index is 0.0673. The molecule has 0 radical (unpaired) electrons. The number of carbonyl (C=O) groups excluding carboxylic acids is 2. The molecule has 0 aromatic carbocycles. The van der Waals surface area contributed by atoms with E-state index in [0.29, 0.717) is 18.8 Å². The molecule has 0 saturated heterocycles. The Kier molecular flexibility index (Phi) is 5.49. The Bertz CT molecular complexity index is 446. The summed E-state index contributed by atoms with van der Waals surface area (Å²) in [6, 6.07) is 3.44. The molecule has 0 spiro atoms. The van der Waals surface area contributed by atoms with Gasteiger partial charge in [-0.2, -0.15) is 0 Å². The van der Waals surface area contributed by atoms with Crippen molar-refractivity contribution in [2.45, 2.75) is 19.3 Å². The first-order chi connectivity index (χ1) is 9.74. The van der Waals surface area contributed by atoms with E-state index in [-0.39, 0.29) is 18.2 Å². The number of carbonyl (C=O) groups is 2. The number of aromatic nitrogens is 1. The summed E-state index contributed by atoms with van der Waals surface area (Å²) in [6.45, 7) is 1.58. The molecular formula is C14H20N4O2. The first kappa shape index (κ1) is 14.5. The van der Waals surface area contributed by atoms with Gasteiger partial charge in [-0.3, -0.25) is 14.6 Å². The van der Waals surface area contributed by atoms with Crippen LogP contribution in [0.25, 0.3) is 0 Å². The van der Waals surface area contributed by atoms with Gasteiger partial charge in [0, 0.05) is 31.0 Å². The number of anilines is 1. The van der Waals surface area contributed by atoms with Crippen molar-refractivity contribution in [2.75, 3.05) is 25.0 Å². The van der Waals surface area contributed by atoms with Gasteiger partial charge in [-0.05, 0) is 37.4 Å². The Morgan fingerprint density at radius 1 is 1.20 bits per heavy atom. The molecule has 1 heterocycles. The maximum absolute atomic E-state index is 11.6. The molecule has 2 amide bonds. The zero-order chi connectivity index (χ0) is 14.2. The Labute approximate surface area is 118 Å². The van der Waals surface area contributed by atoms with Crippen LogP contribution < -0.4 is 16.0 Å². The lowest BCUT2D eigenvalue weighted by molar-refractivity contribution is -0.120. The molecule has 2 rings (SSSR count).